The minimum Gasteiger partial charge on any atom is -0.378 e. The lowest BCUT2D eigenvalue weighted by molar-refractivity contribution is -0.142. The first-order valence-corrected chi connectivity index (χ1v) is 20.5. The SMILES string of the molecule is Cn1nc(NS(C)(=O)=O)c2c(Cl)ccc(-c3ccc(C#CC(C)(O)C4CC4)nc3[C@H](Cc3cc(F)cc(F)c3)NC(=O)Cn3nc(C(F)(F)F)c4c3C(F)(F)[C@@H]3C[C@H]43)c21. The highest BCUT2D eigenvalue weighted by atomic mass is 35.5. The highest BCUT2D eigenvalue weighted by Gasteiger charge is 2.68. The number of hydrogen-bond acceptors (Lipinski definition) is 7. The van der Waals surface area contributed by atoms with Crippen molar-refractivity contribution in [2.45, 2.75) is 68.8 Å². The molecule has 2 aromatic carbocycles. The Kier molecular flexibility index (Phi) is 9.59. The molecule has 2 fully saturated rings. The summed E-state index contributed by atoms with van der Waals surface area (Å²) in [5.41, 5.74) is -3.64. The van der Waals surface area contributed by atoms with E-state index in [0.717, 1.165) is 31.2 Å². The number of sulfonamides is 1. The second kappa shape index (κ2) is 13.9. The first-order chi connectivity index (χ1) is 27.5. The number of nitrogens with one attached hydrogen (secondary N) is 2. The standard InChI is InChI=1S/C39H33ClF7N7O4S/c1-37(56,19-4-5-19)11-10-22-6-7-23(24-8-9-27(40)31-33(24)53(2)51-36(31)52-59(3,57)58)32(48-22)28(14-18-12-20(41)15-21(42)13-18)49-29(55)17-54-35-30(34(50-54)39(45,46)47)25-16-26(25)38(35,43)44/h6-9,12-13,15,19,25-26,28,56H,4-5,14,16-17H2,1-3H3,(H,49,55)(H,51,52)/t25-,26+,28-,37?/m0/s1. The number of aliphatic hydroxyl groups is 1. The molecule has 310 valence electrons. The number of fused-ring (bicyclic) bond motifs is 4. The molecule has 0 bridgehead atoms. The van der Waals surface area contributed by atoms with E-state index in [0.29, 0.717) is 16.3 Å². The van der Waals surface area contributed by atoms with Crippen molar-refractivity contribution in [2.75, 3.05) is 11.0 Å². The topological polar surface area (TPSA) is 144 Å². The van der Waals surface area contributed by atoms with E-state index in [1.54, 1.807) is 19.1 Å². The Bertz CT molecular complexity index is 2730. The summed E-state index contributed by atoms with van der Waals surface area (Å²) in [5, 5.41) is 21.6. The van der Waals surface area contributed by atoms with Gasteiger partial charge in [0.05, 0.1) is 33.9 Å². The highest BCUT2D eigenvalue weighted by Crippen LogP contribution is 2.68. The zero-order valence-electron chi connectivity index (χ0n) is 31.2. The Morgan fingerprint density at radius 2 is 1.76 bits per heavy atom. The smallest absolute Gasteiger partial charge is 0.378 e. The van der Waals surface area contributed by atoms with Gasteiger partial charge in [-0.1, -0.05) is 23.6 Å². The number of anilines is 1. The van der Waals surface area contributed by atoms with Crippen molar-refractivity contribution in [3.63, 3.8) is 0 Å². The number of benzene rings is 2. The van der Waals surface area contributed by atoms with Gasteiger partial charge in [0.2, 0.25) is 15.9 Å². The summed E-state index contributed by atoms with van der Waals surface area (Å²) in [5.74, 6) is -3.66. The third-order valence-corrected chi connectivity index (χ3v) is 11.7. The van der Waals surface area contributed by atoms with Gasteiger partial charge in [-0.2, -0.15) is 32.1 Å². The van der Waals surface area contributed by atoms with E-state index in [9.17, 15) is 40.3 Å². The maximum Gasteiger partial charge on any atom is 0.435 e. The largest absolute Gasteiger partial charge is 0.435 e. The van der Waals surface area contributed by atoms with Crippen LogP contribution in [0.2, 0.25) is 5.02 Å². The van der Waals surface area contributed by atoms with Gasteiger partial charge < -0.3 is 10.4 Å². The fraction of sp³-hybridized carbons (Fsp3) is 0.385. The van der Waals surface area contributed by atoms with E-state index in [1.165, 1.54) is 23.9 Å². The number of aromatic nitrogens is 5. The third-order valence-electron chi connectivity index (χ3n) is 10.8. The van der Waals surface area contributed by atoms with Gasteiger partial charge in [0.1, 0.15) is 35.2 Å². The fourth-order valence-electron chi connectivity index (χ4n) is 7.97. The van der Waals surface area contributed by atoms with Crippen molar-refractivity contribution >= 4 is 44.3 Å². The number of amides is 1. The number of rotatable bonds is 10. The summed E-state index contributed by atoms with van der Waals surface area (Å²) in [6.45, 7) is 0.459. The number of hydrogen-bond donors (Lipinski definition) is 3. The predicted octanol–water partition coefficient (Wildman–Crippen LogP) is 6.98. The van der Waals surface area contributed by atoms with Crippen LogP contribution >= 0.6 is 11.6 Å². The molecule has 3 N–H and O–H groups in total. The molecular weight excluding hydrogens is 831 g/mol. The molecule has 8 rings (SSSR count). The van der Waals surface area contributed by atoms with Crippen molar-refractivity contribution in [3.05, 3.63) is 93.0 Å². The van der Waals surface area contributed by atoms with Gasteiger partial charge in [0, 0.05) is 35.7 Å². The minimum absolute atomic E-state index is 0.00101. The van der Waals surface area contributed by atoms with Crippen LogP contribution in [0.3, 0.4) is 0 Å². The number of alkyl halides is 5. The van der Waals surface area contributed by atoms with Gasteiger partial charge in [-0.3, -0.25) is 18.9 Å². The summed E-state index contributed by atoms with van der Waals surface area (Å²) < 4.78 is 131. The van der Waals surface area contributed by atoms with Crippen LogP contribution < -0.4 is 10.0 Å². The van der Waals surface area contributed by atoms with E-state index in [4.69, 9.17) is 16.6 Å². The van der Waals surface area contributed by atoms with Crippen LogP contribution in [-0.2, 0) is 46.9 Å². The molecule has 3 aliphatic carbocycles. The molecule has 0 saturated heterocycles. The lowest BCUT2D eigenvalue weighted by Gasteiger charge is -2.23. The van der Waals surface area contributed by atoms with Crippen LogP contribution in [0, 0.1) is 35.3 Å². The molecule has 0 radical (unpaired) electrons. The molecule has 2 saturated carbocycles. The van der Waals surface area contributed by atoms with Crippen LogP contribution in [0.5, 0.6) is 0 Å². The van der Waals surface area contributed by atoms with E-state index in [2.05, 4.69) is 32.1 Å². The quantitative estimate of drug-likeness (QED) is 0.102. The van der Waals surface area contributed by atoms with Gasteiger partial charge in [0.15, 0.2) is 11.5 Å². The van der Waals surface area contributed by atoms with Crippen molar-refractivity contribution in [1.82, 2.24) is 29.9 Å². The maximum atomic E-state index is 15.4. The number of pyridine rings is 1. The van der Waals surface area contributed by atoms with Crippen LogP contribution in [-0.4, -0.2) is 55.8 Å². The van der Waals surface area contributed by atoms with Crippen LogP contribution in [0.4, 0.5) is 36.6 Å². The summed E-state index contributed by atoms with van der Waals surface area (Å²) >= 11 is 6.58. The number of nitrogens with zero attached hydrogens (tertiary/aromatic N) is 5. The number of carbonyl (C=O) groups excluding carboxylic acids is 1. The molecular formula is C39H33ClF7N7O4S. The number of carbonyl (C=O) groups is 1. The molecule has 5 aromatic rings. The van der Waals surface area contributed by atoms with Crippen molar-refractivity contribution in [1.29, 1.82) is 0 Å². The van der Waals surface area contributed by atoms with Gasteiger partial charge in [0.25, 0.3) is 5.92 Å². The molecule has 0 aliphatic heterocycles. The Hall–Kier alpha value is -5.19. The lowest BCUT2D eigenvalue weighted by atomic mass is 9.93. The Morgan fingerprint density at radius 3 is 2.41 bits per heavy atom. The molecule has 11 nitrogen and oxygen atoms in total. The van der Waals surface area contributed by atoms with Crippen LogP contribution in [0.25, 0.3) is 22.0 Å². The van der Waals surface area contributed by atoms with Crippen LogP contribution in [0.15, 0.2) is 42.5 Å². The monoisotopic (exact) mass is 863 g/mol. The Balaban J connectivity index is 1.28. The third kappa shape index (κ3) is 7.73. The average Bonchev–Trinajstić information content (AvgIpc) is 4.04. The first-order valence-electron chi connectivity index (χ1n) is 18.2. The molecule has 0 spiro atoms. The van der Waals surface area contributed by atoms with Gasteiger partial charge in [-0.05, 0) is 86.3 Å². The zero-order valence-corrected chi connectivity index (χ0v) is 32.8. The summed E-state index contributed by atoms with van der Waals surface area (Å²) in [6.07, 6.45) is -3.21. The second-order valence-corrected chi connectivity index (χ2v) is 17.6. The van der Waals surface area contributed by atoms with Crippen molar-refractivity contribution in [3.8, 4) is 23.0 Å². The predicted molar refractivity (Wildman–Crippen MR) is 201 cm³/mol. The molecule has 3 aliphatic rings. The zero-order chi connectivity index (χ0) is 42.6. The van der Waals surface area contributed by atoms with E-state index >= 15 is 8.78 Å². The second-order valence-electron chi connectivity index (χ2n) is 15.4. The van der Waals surface area contributed by atoms with Crippen molar-refractivity contribution < 1.29 is 49.1 Å². The molecule has 4 atom stereocenters. The van der Waals surface area contributed by atoms with E-state index in [1.807, 2.05) is 0 Å². The van der Waals surface area contributed by atoms with E-state index < -0.39 is 93.1 Å². The Labute approximate surface area is 337 Å². The molecule has 1 unspecified atom stereocenters. The van der Waals surface area contributed by atoms with Crippen molar-refractivity contribution in [2.24, 2.45) is 18.9 Å². The minimum atomic E-state index is -5.08. The molecule has 59 heavy (non-hydrogen) atoms. The summed E-state index contributed by atoms with van der Waals surface area (Å²) in [6, 6.07) is 7.27. The van der Waals surface area contributed by atoms with Crippen LogP contribution in [0.1, 0.15) is 72.0 Å². The number of halogens is 8. The normalized spacial score (nSPS) is 19.7. The average molecular weight is 864 g/mol. The maximum absolute atomic E-state index is 15.4. The summed E-state index contributed by atoms with van der Waals surface area (Å²) in [7, 11) is -2.35. The highest BCUT2D eigenvalue weighted by molar-refractivity contribution is 7.92. The Morgan fingerprint density at radius 1 is 1.08 bits per heavy atom. The molecule has 20 heteroatoms. The van der Waals surface area contributed by atoms with Gasteiger partial charge in [-0.25, -0.2) is 22.2 Å². The molecule has 3 heterocycles. The lowest BCUT2D eigenvalue weighted by Crippen LogP contribution is -2.35. The molecule has 3 aromatic heterocycles. The fourth-order valence-corrected chi connectivity index (χ4v) is 8.70. The first kappa shape index (κ1) is 40.6. The summed E-state index contributed by atoms with van der Waals surface area (Å²) in [4.78, 5) is 18.7. The number of aryl methyl sites for hydroxylation is 1. The molecule has 1 amide bonds. The van der Waals surface area contributed by atoms with Gasteiger partial charge in [-0.15, -0.1) is 0 Å². The van der Waals surface area contributed by atoms with Gasteiger partial charge >= 0.3 is 6.18 Å². The van der Waals surface area contributed by atoms with E-state index in [-0.39, 0.29) is 56.6 Å².